The molecule has 1 aromatic heterocycles. The molecule has 1 atom stereocenters. The molecule has 2 aromatic rings. The minimum absolute atomic E-state index is 0.251. The van der Waals surface area contributed by atoms with Gasteiger partial charge in [-0.15, -0.1) is 5.10 Å². The summed E-state index contributed by atoms with van der Waals surface area (Å²) in [6.45, 7) is 14.4. The smallest absolute Gasteiger partial charge is 0.214 e. The fraction of sp³-hybridized carbons (Fsp3) is 0.588. The van der Waals surface area contributed by atoms with Crippen LogP contribution in [0.5, 0.6) is 0 Å². The number of benzene rings is 1. The van der Waals surface area contributed by atoms with E-state index in [0.717, 1.165) is 23.9 Å². The van der Waals surface area contributed by atoms with Gasteiger partial charge >= 0.3 is 0 Å². The van der Waals surface area contributed by atoms with Crippen LogP contribution in [0.15, 0.2) is 35.5 Å². The highest BCUT2D eigenvalue weighted by molar-refractivity contribution is 7.99. The number of thioether (sulfide) groups is 1. The lowest BCUT2D eigenvalue weighted by molar-refractivity contribution is 0.282. The fourth-order valence-corrected chi connectivity index (χ4v) is 3.88. The van der Waals surface area contributed by atoms with Gasteiger partial charge in [0.2, 0.25) is 5.16 Å². The van der Waals surface area contributed by atoms with E-state index in [0.29, 0.717) is 5.25 Å². The predicted molar refractivity (Wildman–Crippen MR) is 102 cm³/mol. The van der Waals surface area contributed by atoms with Crippen molar-refractivity contribution < 1.29 is 4.43 Å². The van der Waals surface area contributed by atoms with Crippen LogP contribution in [-0.2, 0) is 4.43 Å². The van der Waals surface area contributed by atoms with Crippen LogP contribution in [0, 0.1) is 0 Å². The molecule has 0 saturated heterocycles. The van der Waals surface area contributed by atoms with Gasteiger partial charge in [-0.2, -0.15) is 4.68 Å². The Morgan fingerprint density at radius 1 is 1.21 bits per heavy atom. The van der Waals surface area contributed by atoms with Crippen LogP contribution in [0.2, 0.25) is 18.1 Å². The summed E-state index contributed by atoms with van der Waals surface area (Å²) in [5.74, 6) is 0. The Morgan fingerprint density at radius 2 is 1.88 bits per heavy atom. The normalized spacial score (nSPS) is 13.9. The molecule has 7 heteroatoms. The maximum atomic E-state index is 6.27. The lowest BCUT2D eigenvalue weighted by Gasteiger charge is -2.36. The third-order valence-electron chi connectivity index (χ3n) is 4.54. The zero-order chi connectivity index (χ0) is 17.8. The van der Waals surface area contributed by atoms with Gasteiger partial charge in [-0.3, -0.25) is 0 Å². The number of hydrogen-bond donors (Lipinski definition) is 0. The number of nitrogens with zero attached hydrogens (tertiary/aromatic N) is 4. The maximum Gasteiger partial charge on any atom is 0.214 e. The van der Waals surface area contributed by atoms with Crippen molar-refractivity contribution in [3.05, 3.63) is 30.3 Å². The van der Waals surface area contributed by atoms with Crippen molar-refractivity contribution in [1.82, 2.24) is 20.2 Å². The molecule has 0 aliphatic rings. The third kappa shape index (κ3) is 4.91. The molecule has 0 N–H and O–H groups in total. The molecule has 0 fully saturated rings. The highest BCUT2D eigenvalue weighted by Crippen LogP contribution is 2.36. The van der Waals surface area contributed by atoms with Crippen LogP contribution < -0.4 is 0 Å². The van der Waals surface area contributed by atoms with Crippen molar-refractivity contribution >= 4 is 20.1 Å². The molecule has 1 aromatic carbocycles. The minimum Gasteiger partial charge on any atom is -0.417 e. The molecule has 2 rings (SSSR count). The van der Waals surface area contributed by atoms with Gasteiger partial charge in [-0.25, -0.2) is 0 Å². The van der Waals surface area contributed by atoms with Gasteiger partial charge in [-0.05, 0) is 47.1 Å². The van der Waals surface area contributed by atoms with Gasteiger partial charge in [0.1, 0.15) is 0 Å². The number of rotatable bonds is 7. The van der Waals surface area contributed by atoms with Crippen LogP contribution in [0.1, 0.15) is 34.1 Å². The largest absolute Gasteiger partial charge is 0.417 e. The third-order valence-corrected chi connectivity index (χ3v) is 10.2. The SMILES string of the molecule is CC(CCO[Si](C)(C)C(C)(C)C)Sc1nnnn1-c1ccccc1. The molecule has 1 unspecified atom stereocenters. The van der Waals surface area contributed by atoms with Crippen molar-refractivity contribution in [1.29, 1.82) is 0 Å². The molecule has 0 saturated carbocycles. The first-order valence-electron chi connectivity index (χ1n) is 8.35. The fourth-order valence-electron chi connectivity index (χ4n) is 1.92. The van der Waals surface area contributed by atoms with Crippen molar-refractivity contribution in [3.8, 4) is 5.69 Å². The Hall–Kier alpha value is -1.18. The first-order valence-corrected chi connectivity index (χ1v) is 12.1. The molecule has 0 aliphatic heterocycles. The minimum atomic E-state index is -1.67. The van der Waals surface area contributed by atoms with E-state index >= 15 is 0 Å². The van der Waals surface area contributed by atoms with E-state index in [-0.39, 0.29) is 5.04 Å². The second-order valence-corrected chi connectivity index (χ2v) is 13.7. The predicted octanol–water partition coefficient (Wildman–Crippen LogP) is 4.55. The van der Waals surface area contributed by atoms with E-state index in [4.69, 9.17) is 4.43 Å². The van der Waals surface area contributed by atoms with Crippen LogP contribution >= 0.6 is 11.8 Å². The second kappa shape index (κ2) is 7.80. The topological polar surface area (TPSA) is 52.8 Å². The highest BCUT2D eigenvalue weighted by atomic mass is 32.2. The average molecular weight is 365 g/mol. The van der Waals surface area contributed by atoms with Crippen LogP contribution in [0.25, 0.3) is 5.69 Å². The summed E-state index contributed by atoms with van der Waals surface area (Å²) in [5, 5.41) is 13.5. The molecular weight excluding hydrogens is 336 g/mol. The standard InChI is InChI=1S/C17H28N4OSSi/c1-14(12-13-22-24(5,6)17(2,3)4)23-16-18-19-20-21(16)15-10-8-7-9-11-15/h7-11,14H,12-13H2,1-6H3. The number of tetrazole rings is 1. The number of para-hydroxylation sites is 1. The van der Waals surface area contributed by atoms with Gasteiger partial charge in [0.05, 0.1) is 5.69 Å². The van der Waals surface area contributed by atoms with Gasteiger partial charge in [0, 0.05) is 11.9 Å². The first-order chi connectivity index (χ1) is 11.2. The number of hydrogen-bond acceptors (Lipinski definition) is 5. The summed E-state index contributed by atoms with van der Waals surface area (Å²) in [6.07, 6.45) is 0.985. The summed E-state index contributed by atoms with van der Waals surface area (Å²) in [4.78, 5) is 0. The van der Waals surface area contributed by atoms with E-state index < -0.39 is 8.32 Å². The van der Waals surface area contributed by atoms with E-state index in [9.17, 15) is 0 Å². The van der Waals surface area contributed by atoms with Gasteiger partial charge in [-0.1, -0.05) is 57.7 Å². The van der Waals surface area contributed by atoms with E-state index in [1.54, 1.807) is 16.4 Å². The summed E-state index contributed by atoms with van der Waals surface area (Å²) in [6, 6.07) is 9.97. The van der Waals surface area contributed by atoms with E-state index in [1.807, 2.05) is 30.3 Å². The van der Waals surface area contributed by atoms with Gasteiger partial charge < -0.3 is 4.43 Å². The van der Waals surface area contributed by atoms with Gasteiger partial charge in [0.25, 0.3) is 0 Å². The quantitative estimate of drug-likeness (QED) is 0.533. The Balaban J connectivity index is 1.90. The summed E-state index contributed by atoms with van der Waals surface area (Å²) >= 11 is 1.69. The van der Waals surface area contributed by atoms with Crippen LogP contribution in [0.3, 0.4) is 0 Å². The Kier molecular flexibility index (Phi) is 6.22. The molecule has 5 nitrogen and oxygen atoms in total. The Morgan fingerprint density at radius 3 is 2.50 bits per heavy atom. The summed E-state index contributed by atoms with van der Waals surface area (Å²) < 4.78 is 8.05. The zero-order valence-corrected chi connectivity index (χ0v) is 17.3. The Bertz CT molecular complexity index is 640. The van der Waals surface area contributed by atoms with Crippen LogP contribution in [0.4, 0.5) is 0 Å². The number of aromatic nitrogens is 4. The molecule has 132 valence electrons. The second-order valence-electron chi connectivity index (χ2n) is 7.53. The molecule has 24 heavy (non-hydrogen) atoms. The highest BCUT2D eigenvalue weighted by Gasteiger charge is 2.36. The molecule has 0 amide bonds. The Labute approximate surface area is 150 Å². The van der Waals surface area contributed by atoms with Crippen molar-refractivity contribution in [3.63, 3.8) is 0 Å². The molecular formula is C17H28N4OSSi. The van der Waals surface area contributed by atoms with Crippen molar-refractivity contribution in [2.24, 2.45) is 0 Å². The van der Waals surface area contributed by atoms with E-state index in [1.165, 1.54) is 0 Å². The van der Waals surface area contributed by atoms with Crippen molar-refractivity contribution in [2.75, 3.05) is 6.61 Å². The lowest BCUT2D eigenvalue weighted by Crippen LogP contribution is -2.41. The summed E-state index contributed by atoms with van der Waals surface area (Å²) in [7, 11) is -1.67. The molecule has 0 radical (unpaired) electrons. The first kappa shape index (κ1) is 19.1. The monoisotopic (exact) mass is 364 g/mol. The molecule has 1 heterocycles. The van der Waals surface area contributed by atoms with Crippen LogP contribution in [-0.4, -0.2) is 40.4 Å². The average Bonchev–Trinajstić information content (AvgIpc) is 2.94. The zero-order valence-electron chi connectivity index (χ0n) is 15.5. The van der Waals surface area contributed by atoms with Gasteiger partial charge in [0.15, 0.2) is 8.32 Å². The molecule has 0 aliphatic carbocycles. The van der Waals surface area contributed by atoms with Crippen molar-refractivity contribution in [2.45, 2.75) is 62.7 Å². The van der Waals surface area contributed by atoms with E-state index in [2.05, 4.69) is 56.3 Å². The lowest BCUT2D eigenvalue weighted by atomic mass is 10.2. The maximum absolute atomic E-state index is 6.27. The molecule has 0 spiro atoms. The summed E-state index contributed by atoms with van der Waals surface area (Å²) in [5.41, 5.74) is 0.981. The molecule has 0 bridgehead atoms.